The van der Waals surface area contributed by atoms with Gasteiger partial charge in [-0.15, -0.1) is 0 Å². The van der Waals surface area contributed by atoms with E-state index in [4.69, 9.17) is 4.74 Å². The number of rotatable bonds is 69. The molecule has 6 heteroatoms. The minimum Gasteiger partial charge on any atom is -0.466 e. The van der Waals surface area contributed by atoms with Crippen LogP contribution in [-0.2, 0) is 14.3 Å². The van der Waals surface area contributed by atoms with Gasteiger partial charge in [0.2, 0.25) is 5.91 Å². The molecule has 0 fully saturated rings. The minimum absolute atomic E-state index is 0.0159. The summed E-state index contributed by atoms with van der Waals surface area (Å²) < 4.78 is 5.51. The van der Waals surface area contributed by atoms with E-state index in [-0.39, 0.29) is 18.5 Å². The molecule has 3 N–H and O–H groups in total. The molecule has 0 aromatic rings. The largest absolute Gasteiger partial charge is 0.466 e. The lowest BCUT2D eigenvalue weighted by Crippen LogP contribution is -2.45. The summed E-state index contributed by atoms with van der Waals surface area (Å²) in [6, 6.07) is -0.626. The van der Waals surface area contributed by atoms with Crippen LogP contribution in [0, 0.1) is 0 Å². The van der Waals surface area contributed by atoms with Crippen molar-refractivity contribution in [2.24, 2.45) is 0 Å². The lowest BCUT2D eigenvalue weighted by Gasteiger charge is -2.20. The molecule has 0 bridgehead atoms. The van der Waals surface area contributed by atoms with Crippen LogP contribution >= 0.6 is 0 Å². The maximum absolute atomic E-state index is 12.5. The van der Waals surface area contributed by atoms with Crippen molar-refractivity contribution >= 4 is 11.9 Å². The SMILES string of the molecule is CCCCCCCC/C=C\CCCCCCCCCC(=O)OCCCCCCCCCCCCCCCCCCCCCCCCCCCCCCC(=O)NC(CO)C(O)/C=C/CCCCCCCCCCCCCCCCCC. The van der Waals surface area contributed by atoms with Crippen molar-refractivity contribution in [2.45, 2.75) is 424 Å². The first kappa shape index (κ1) is 78.3. The summed E-state index contributed by atoms with van der Waals surface area (Å²) in [5.74, 6) is -0.0452. The van der Waals surface area contributed by atoms with Crippen LogP contribution in [0.1, 0.15) is 412 Å². The highest BCUT2D eigenvalue weighted by molar-refractivity contribution is 5.76. The van der Waals surface area contributed by atoms with Gasteiger partial charge in [-0.1, -0.05) is 366 Å². The fourth-order valence-electron chi connectivity index (χ4n) is 11.6. The van der Waals surface area contributed by atoms with Crippen LogP contribution in [0.3, 0.4) is 0 Å². The van der Waals surface area contributed by atoms with Crippen LogP contribution in [0.5, 0.6) is 0 Å². The molecule has 0 aromatic carbocycles. The average molecular weight is 1130 g/mol. The number of carbonyl (C=O) groups excluding carboxylic acids is 2. The molecular weight excluding hydrogens is 983 g/mol. The van der Waals surface area contributed by atoms with E-state index in [2.05, 4.69) is 31.3 Å². The van der Waals surface area contributed by atoms with Crippen LogP contribution < -0.4 is 5.32 Å². The van der Waals surface area contributed by atoms with Crippen LogP contribution in [-0.4, -0.2) is 47.4 Å². The fraction of sp³-hybridized carbons (Fsp3) is 0.919. The number of allylic oxidation sites excluding steroid dienone is 3. The van der Waals surface area contributed by atoms with Crippen molar-refractivity contribution in [3.63, 3.8) is 0 Å². The quantitative estimate of drug-likeness (QED) is 0.0320. The van der Waals surface area contributed by atoms with Crippen molar-refractivity contribution < 1.29 is 24.5 Å². The Bertz CT molecular complexity index is 1250. The highest BCUT2D eigenvalue weighted by Gasteiger charge is 2.18. The molecule has 80 heavy (non-hydrogen) atoms. The molecule has 0 radical (unpaired) electrons. The Morgan fingerprint density at radius 2 is 0.588 bits per heavy atom. The Kier molecular flexibility index (Phi) is 68.4. The Balaban J connectivity index is 3.35. The minimum atomic E-state index is -0.842. The van der Waals surface area contributed by atoms with Gasteiger partial charge in [0.25, 0.3) is 0 Å². The van der Waals surface area contributed by atoms with Gasteiger partial charge in [0.05, 0.1) is 25.4 Å². The number of carbonyl (C=O) groups is 2. The number of hydrogen-bond donors (Lipinski definition) is 3. The van der Waals surface area contributed by atoms with Crippen molar-refractivity contribution in [3.8, 4) is 0 Å². The van der Waals surface area contributed by atoms with Crippen molar-refractivity contribution in [1.82, 2.24) is 5.32 Å². The number of ether oxygens (including phenoxy) is 1. The van der Waals surface area contributed by atoms with Crippen molar-refractivity contribution in [3.05, 3.63) is 24.3 Å². The molecule has 0 rings (SSSR count). The molecule has 0 saturated heterocycles. The molecule has 0 spiro atoms. The standard InChI is InChI=1S/C74H143NO5/c1-3-5-7-9-11-13-15-17-19-21-35-38-42-46-50-54-58-62-66-72(77)71(70-76)75-73(78)67-63-59-55-51-47-43-39-36-32-30-28-26-24-22-23-25-27-29-31-33-37-41-45-49-53-57-61-65-69-80-74(79)68-64-60-56-52-48-44-40-34-20-18-16-14-12-10-8-6-4-2/h18,20,62,66,71-72,76-77H,3-17,19,21-61,63-65,67-70H2,1-2H3,(H,75,78)/b20-18-,66-62+. The summed E-state index contributed by atoms with van der Waals surface area (Å²) in [6.07, 6.45) is 88.4. The molecule has 0 aliphatic heterocycles. The zero-order valence-electron chi connectivity index (χ0n) is 54.3. The van der Waals surface area contributed by atoms with Gasteiger partial charge in [-0.3, -0.25) is 9.59 Å². The molecule has 2 atom stereocenters. The molecule has 1 amide bonds. The second kappa shape index (κ2) is 69.8. The van der Waals surface area contributed by atoms with Gasteiger partial charge in [0.1, 0.15) is 0 Å². The predicted molar refractivity (Wildman–Crippen MR) is 352 cm³/mol. The normalized spacial score (nSPS) is 12.6. The second-order valence-electron chi connectivity index (χ2n) is 25.3. The van der Waals surface area contributed by atoms with E-state index in [1.54, 1.807) is 6.08 Å². The van der Waals surface area contributed by atoms with Crippen molar-refractivity contribution in [2.75, 3.05) is 13.2 Å². The Hall–Kier alpha value is -1.66. The van der Waals surface area contributed by atoms with Crippen LogP contribution in [0.25, 0.3) is 0 Å². The third kappa shape index (κ3) is 65.5. The number of esters is 1. The second-order valence-corrected chi connectivity index (χ2v) is 25.3. The zero-order chi connectivity index (χ0) is 57.8. The first-order valence-corrected chi connectivity index (χ1v) is 36.6. The first-order valence-electron chi connectivity index (χ1n) is 36.6. The number of unbranched alkanes of at least 4 members (excludes halogenated alkanes) is 56. The van der Waals surface area contributed by atoms with Gasteiger partial charge in [-0.2, -0.15) is 0 Å². The van der Waals surface area contributed by atoms with Gasteiger partial charge in [0, 0.05) is 12.8 Å². The number of hydrogen-bond acceptors (Lipinski definition) is 5. The van der Waals surface area contributed by atoms with E-state index in [0.29, 0.717) is 19.4 Å². The topological polar surface area (TPSA) is 95.9 Å². The highest BCUT2D eigenvalue weighted by atomic mass is 16.5. The third-order valence-corrected chi connectivity index (χ3v) is 17.2. The molecule has 474 valence electrons. The molecule has 6 nitrogen and oxygen atoms in total. The van der Waals surface area contributed by atoms with E-state index >= 15 is 0 Å². The van der Waals surface area contributed by atoms with Crippen molar-refractivity contribution in [1.29, 1.82) is 0 Å². The Labute approximate surface area is 501 Å². The monoisotopic (exact) mass is 1130 g/mol. The smallest absolute Gasteiger partial charge is 0.305 e. The molecule has 0 saturated carbocycles. The van der Waals surface area contributed by atoms with Gasteiger partial charge < -0.3 is 20.3 Å². The molecule has 0 aliphatic carbocycles. The Morgan fingerprint density at radius 1 is 0.338 bits per heavy atom. The van der Waals surface area contributed by atoms with Gasteiger partial charge in [-0.05, 0) is 57.8 Å². The molecule has 0 aliphatic rings. The number of aliphatic hydroxyl groups is 2. The van der Waals surface area contributed by atoms with E-state index in [1.807, 2.05) is 6.08 Å². The summed E-state index contributed by atoms with van der Waals surface area (Å²) in [4.78, 5) is 24.6. The number of nitrogens with one attached hydrogen (secondary N) is 1. The lowest BCUT2D eigenvalue weighted by molar-refractivity contribution is -0.143. The predicted octanol–water partition coefficient (Wildman–Crippen LogP) is 23.7. The van der Waals surface area contributed by atoms with Crippen LogP contribution in [0.4, 0.5) is 0 Å². The van der Waals surface area contributed by atoms with Crippen LogP contribution in [0.2, 0.25) is 0 Å². The van der Waals surface area contributed by atoms with Gasteiger partial charge in [0.15, 0.2) is 0 Å². The van der Waals surface area contributed by atoms with E-state index < -0.39 is 12.1 Å². The Morgan fingerprint density at radius 3 is 0.887 bits per heavy atom. The number of aliphatic hydroxyl groups excluding tert-OH is 2. The molecule has 0 heterocycles. The summed E-state index contributed by atoms with van der Waals surface area (Å²) in [5.41, 5.74) is 0. The van der Waals surface area contributed by atoms with E-state index in [0.717, 1.165) is 44.9 Å². The van der Waals surface area contributed by atoms with E-state index in [9.17, 15) is 19.8 Å². The van der Waals surface area contributed by atoms with Gasteiger partial charge >= 0.3 is 5.97 Å². The molecule has 0 aromatic heterocycles. The lowest BCUT2D eigenvalue weighted by atomic mass is 10.0. The summed E-state index contributed by atoms with van der Waals surface area (Å²) in [5, 5.41) is 23.2. The fourth-order valence-corrected chi connectivity index (χ4v) is 11.6. The summed E-state index contributed by atoms with van der Waals surface area (Å²) >= 11 is 0. The average Bonchev–Trinajstić information content (AvgIpc) is 3.46. The maximum atomic E-state index is 12.5. The highest BCUT2D eigenvalue weighted by Crippen LogP contribution is 2.19. The maximum Gasteiger partial charge on any atom is 0.305 e. The molecule has 2 unspecified atom stereocenters. The van der Waals surface area contributed by atoms with E-state index in [1.165, 1.54) is 340 Å². The summed E-state index contributed by atoms with van der Waals surface area (Å²) in [6.45, 7) is 4.94. The third-order valence-electron chi connectivity index (χ3n) is 17.2. The van der Waals surface area contributed by atoms with Crippen LogP contribution in [0.15, 0.2) is 24.3 Å². The zero-order valence-corrected chi connectivity index (χ0v) is 54.3. The summed E-state index contributed by atoms with van der Waals surface area (Å²) in [7, 11) is 0. The molecular formula is C74H143NO5. The first-order chi connectivity index (χ1) is 39.5. The van der Waals surface area contributed by atoms with Gasteiger partial charge in [-0.25, -0.2) is 0 Å². The number of amides is 1.